The van der Waals surface area contributed by atoms with E-state index in [-0.39, 0.29) is 23.8 Å². The highest BCUT2D eigenvalue weighted by Crippen LogP contribution is 2.38. The average Bonchev–Trinajstić information content (AvgIpc) is 3.63. The molecular weight excluding hydrogens is 568 g/mol. The van der Waals surface area contributed by atoms with E-state index in [2.05, 4.69) is 46.4 Å². The van der Waals surface area contributed by atoms with Gasteiger partial charge in [-0.1, -0.05) is 50.1 Å². The van der Waals surface area contributed by atoms with E-state index in [1.807, 2.05) is 4.90 Å². The minimum Gasteiger partial charge on any atom is -0.506 e. The number of H-pyrrole nitrogens is 1. The molecule has 1 saturated carbocycles. The zero-order valence-electron chi connectivity index (χ0n) is 26.7. The first-order chi connectivity index (χ1) is 21.9. The van der Waals surface area contributed by atoms with Crippen LogP contribution >= 0.6 is 0 Å². The number of hydrogen-bond donors (Lipinski definition) is 4. The largest absolute Gasteiger partial charge is 0.506 e. The summed E-state index contributed by atoms with van der Waals surface area (Å²) in [5.41, 5.74) is 3.27. The molecule has 0 spiro atoms. The number of amides is 1. The van der Waals surface area contributed by atoms with Crippen LogP contribution in [-0.2, 0) is 22.5 Å². The normalized spacial score (nSPS) is 18.8. The molecule has 45 heavy (non-hydrogen) atoms. The standard InChI is InChI=1S/C36H50N4O5/c1-2-3-17-40(18-16-37-22-33(42)30-10-12-32(41)36-31(30)11-13-34(43)38-36)35(44)15-20-45-19-14-26-6-4-7-27(21-26)23-39-24-28-8-5-9-29(28)25-39/h4,6-7,10-13,21,28-29,33,37,41-42H,2-3,5,8-9,14-20,22-25H2,1H3,(H,38,43)/t28?,29?,33-/m0/s1. The molecule has 1 aliphatic carbocycles. The van der Waals surface area contributed by atoms with Gasteiger partial charge in [0, 0.05) is 57.3 Å². The van der Waals surface area contributed by atoms with Crippen LogP contribution in [0.5, 0.6) is 5.75 Å². The van der Waals surface area contributed by atoms with E-state index in [1.165, 1.54) is 55.6 Å². The molecule has 9 nitrogen and oxygen atoms in total. The fraction of sp³-hybridized carbons (Fsp3) is 0.556. The first-order valence-corrected chi connectivity index (χ1v) is 16.8. The van der Waals surface area contributed by atoms with Gasteiger partial charge in [-0.25, -0.2) is 0 Å². The molecule has 3 aromatic rings. The fourth-order valence-electron chi connectivity index (χ4n) is 7.04. The maximum absolute atomic E-state index is 13.0. The molecule has 2 fully saturated rings. The number of nitrogens with one attached hydrogen (secondary N) is 2. The quantitative estimate of drug-likeness (QED) is 0.166. The zero-order valence-corrected chi connectivity index (χ0v) is 26.7. The van der Waals surface area contributed by atoms with Crippen molar-refractivity contribution in [1.82, 2.24) is 20.1 Å². The number of aliphatic hydroxyl groups is 1. The number of aliphatic hydroxyl groups excluding tert-OH is 1. The molecule has 3 atom stereocenters. The summed E-state index contributed by atoms with van der Waals surface area (Å²) < 4.78 is 5.90. The van der Waals surface area contributed by atoms with Crippen LogP contribution < -0.4 is 10.9 Å². The second-order valence-electron chi connectivity index (χ2n) is 12.8. The summed E-state index contributed by atoms with van der Waals surface area (Å²) in [4.78, 5) is 31.8. The van der Waals surface area contributed by atoms with Gasteiger partial charge < -0.3 is 30.2 Å². The molecule has 4 N–H and O–H groups in total. The number of rotatable bonds is 17. The first-order valence-electron chi connectivity index (χ1n) is 16.8. The second-order valence-corrected chi connectivity index (χ2v) is 12.8. The molecule has 1 aliphatic heterocycles. The lowest BCUT2D eigenvalue weighted by Crippen LogP contribution is -2.38. The predicted molar refractivity (Wildman–Crippen MR) is 177 cm³/mol. The van der Waals surface area contributed by atoms with Crippen LogP contribution in [0.1, 0.15) is 68.2 Å². The molecule has 1 saturated heterocycles. The van der Waals surface area contributed by atoms with Crippen molar-refractivity contribution < 1.29 is 19.7 Å². The summed E-state index contributed by atoms with van der Waals surface area (Å²) in [6.07, 6.45) is 6.51. The highest BCUT2D eigenvalue weighted by molar-refractivity contribution is 5.87. The molecule has 2 heterocycles. The number of fused-ring (bicyclic) bond motifs is 2. The van der Waals surface area contributed by atoms with Crippen LogP contribution in [0.25, 0.3) is 10.9 Å². The maximum atomic E-state index is 13.0. The van der Waals surface area contributed by atoms with Gasteiger partial charge in [0.1, 0.15) is 5.75 Å². The third-order valence-corrected chi connectivity index (χ3v) is 9.49. The number of phenols is 1. The van der Waals surface area contributed by atoms with E-state index in [9.17, 15) is 19.8 Å². The molecule has 1 amide bonds. The number of carbonyl (C=O) groups is 1. The van der Waals surface area contributed by atoms with Crippen molar-refractivity contribution in [3.05, 3.63) is 75.6 Å². The van der Waals surface area contributed by atoms with E-state index < -0.39 is 6.10 Å². The van der Waals surface area contributed by atoms with Crippen molar-refractivity contribution in [3.8, 4) is 5.75 Å². The van der Waals surface area contributed by atoms with E-state index >= 15 is 0 Å². The van der Waals surface area contributed by atoms with Crippen molar-refractivity contribution >= 4 is 16.8 Å². The van der Waals surface area contributed by atoms with Gasteiger partial charge in [-0.3, -0.25) is 14.5 Å². The van der Waals surface area contributed by atoms with Crippen LogP contribution in [0.4, 0.5) is 0 Å². The Morgan fingerprint density at radius 2 is 1.89 bits per heavy atom. The Kier molecular flexibility index (Phi) is 12.0. The summed E-state index contributed by atoms with van der Waals surface area (Å²) in [6, 6.07) is 15.0. The summed E-state index contributed by atoms with van der Waals surface area (Å²) in [7, 11) is 0. The number of carbonyl (C=O) groups excluding carboxylic acids is 1. The Hall–Kier alpha value is -3.24. The van der Waals surface area contributed by atoms with Crippen molar-refractivity contribution in [2.75, 3.05) is 52.5 Å². The van der Waals surface area contributed by atoms with Crippen LogP contribution in [0.3, 0.4) is 0 Å². The van der Waals surface area contributed by atoms with Crippen molar-refractivity contribution in [1.29, 1.82) is 0 Å². The zero-order chi connectivity index (χ0) is 31.6. The van der Waals surface area contributed by atoms with Gasteiger partial charge in [0.25, 0.3) is 0 Å². The Bertz CT molecular complexity index is 1450. The van der Waals surface area contributed by atoms with Crippen molar-refractivity contribution in [2.24, 2.45) is 11.8 Å². The lowest BCUT2D eigenvalue weighted by Gasteiger charge is -2.23. The number of likely N-dealkylation sites (tertiary alicyclic amines) is 1. The molecular formula is C36H50N4O5. The van der Waals surface area contributed by atoms with E-state index in [0.29, 0.717) is 55.7 Å². The van der Waals surface area contributed by atoms with Gasteiger partial charge in [0.2, 0.25) is 11.5 Å². The van der Waals surface area contributed by atoms with Crippen LogP contribution in [-0.4, -0.2) is 83.4 Å². The molecule has 2 aliphatic rings. The Balaban J connectivity index is 1.01. The van der Waals surface area contributed by atoms with E-state index in [4.69, 9.17) is 4.74 Å². The van der Waals surface area contributed by atoms with Gasteiger partial charge in [0.05, 0.1) is 31.3 Å². The van der Waals surface area contributed by atoms with Gasteiger partial charge in [-0.2, -0.15) is 0 Å². The smallest absolute Gasteiger partial charge is 0.248 e. The monoisotopic (exact) mass is 618 g/mol. The minimum atomic E-state index is -0.840. The molecule has 0 radical (unpaired) electrons. The second kappa shape index (κ2) is 16.4. The fourth-order valence-corrected chi connectivity index (χ4v) is 7.04. The average molecular weight is 619 g/mol. The summed E-state index contributed by atoms with van der Waals surface area (Å²) in [6.45, 7) is 8.70. The third-order valence-electron chi connectivity index (χ3n) is 9.49. The number of benzene rings is 2. The highest BCUT2D eigenvalue weighted by Gasteiger charge is 2.35. The Labute approximate surface area is 266 Å². The van der Waals surface area contributed by atoms with Crippen LogP contribution in [0.2, 0.25) is 0 Å². The molecule has 9 heteroatoms. The number of phenolic OH excluding ortho intramolecular Hbond substituents is 1. The molecule has 1 aromatic heterocycles. The van der Waals surface area contributed by atoms with E-state index in [1.54, 1.807) is 12.1 Å². The number of aromatic hydroxyl groups is 1. The number of aromatic nitrogens is 1. The molecule has 0 bridgehead atoms. The van der Waals surface area contributed by atoms with Crippen molar-refractivity contribution in [2.45, 2.75) is 64.5 Å². The lowest BCUT2D eigenvalue weighted by molar-refractivity contribution is -0.132. The van der Waals surface area contributed by atoms with Gasteiger partial charge in [-0.05, 0) is 66.3 Å². The summed E-state index contributed by atoms with van der Waals surface area (Å²) in [5, 5.41) is 24.8. The first kappa shape index (κ1) is 33.1. The molecule has 5 rings (SSSR count). The maximum Gasteiger partial charge on any atom is 0.248 e. The third kappa shape index (κ3) is 9.16. The van der Waals surface area contributed by atoms with Gasteiger partial charge in [-0.15, -0.1) is 0 Å². The minimum absolute atomic E-state index is 0.0376. The summed E-state index contributed by atoms with van der Waals surface area (Å²) in [5.74, 6) is 1.87. The topological polar surface area (TPSA) is 118 Å². The van der Waals surface area contributed by atoms with Crippen LogP contribution in [0.15, 0.2) is 53.3 Å². The Morgan fingerprint density at radius 3 is 2.69 bits per heavy atom. The number of aromatic amines is 1. The van der Waals surface area contributed by atoms with Crippen LogP contribution in [0, 0.1) is 11.8 Å². The molecule has 2 unspecified atom stereocenters. The van der Waals surface area contributed by atoms with Gasteiger partial charge >= 0.3 is 0 Å². The van der Waals surface area contributed by atoms with Gasteiger partial charge in [0.15, 0.2) is 0 Å². The number of unbranched alkanes of at least 4 members (excludes halogenated alkanes) is 1. The highest BCUT2D eigenvalue weighted by atomic mass is 16.5. The molecule has 2 aromatic carbocycles. The summed E-state index contributed by atoms with van der Waals surface area (Å²) >= 11 is 0. The predicted octanol–water partition coefficient (Wildman–Crippen LogP) is 4.37. The SMILES string of the molecule is CCCCN(CCNC[C@H](O)c1ccc(O)c2[nH]c(=O)ccc12)C(=O)CCOCCc1cccc(CN2CC3CCCC3C2)c1. The number of hydrogen-bond acceptors (Lipinski definition) is 7. The number of nitrogens with zero attached hydrogens (tertiary/aromatic N) is 2. The Morgan fingerprint density at radius 1 is 1.09 bits per heavy atom. The van der Waals surface area contributed by atoms with Crippen molar-refractivity contribution in [3.63, 3.8) is 0 Å². The molecule has 244 valence electrons. The number of pyridine rings is 1. The number of ether oxygens (including phenoxy) is 1. The lowest BCUT2D eigenvalue weighted by atomic mass is 10.0. The van der Waals surface area contributed by atoms with E-state index in [0.717, 1.165) is 37.6 Å².